The smallest absolute Gasteiger partial charge is 0.236 e. The molecule has 0 radical (unpaired) electrons. The normalized spacial score (nSPS) is 13.2. The molecule has 1 aromatic carbocycles. The summed E-state index contributed by atoms with van der Waals surface area (Å²) < 4.78 is 0. The molecule has 0 saturated heterocycles. The molecule has 0 heterocycles. The topological polar surface area (TPSA) is 114 Å². The molecule has 0 aliphatic carbocycles. The van der Waals surface area contributed by atoms with E-state index in [4.69, 9.17) is 16.7 Å². The third kappa shape index (κ3) is 3.76. The van der Waals surface area contributed by atoms with Gasteiger partial charge in [0.15, 0.2) is 5.84 Å². The summed E-state index contributed by atoms with van der Waals surface area (Å²) in [5, 5.41) is 14.1. The Morgan fingerprint density at radius 2 is 2.06 bits per heavy atom. The number of oxime groups is 1. The molecule has 0 unspecified atom stereocenters. The number of amidine groups is 1. The molecule has 0 aliphatic heterocycles. The highest BCUT2D eigenvalue weighted by molar-refractivity contribution is 5.96. The fraction of sp³-hybridized carbons (Fsp3) is 0.273. The largest absolute Gasteiger partial charge is 0.409 e. The SMILES string of the molecule is C[C@H](N)C(=O)NCc1ccc(C(N)=NO)cc1. The second-order valence-corrected chi connectivity index (χ2v) is 3.69. The van der Waals surface area contributed by atoms with Crippen LogP contribution >= 0.6 is 0 Å². The highest BCUT2D eigenvalue weighted by Crippen LogP contribution is 2.04. The lowest BCUT2D eigenvalue weighted by molar-refractivity contribution is -0.122. The van der Waals surface area contributed by atoms with Crippen molar-refractivity contribution in [3.63, 3.8) is 0 Å². The predicted octanol–water partition coefficient (Wildman–Crippen LogP) is -0.255. The first-order valence-corrected chi connectivity index (χ1v) is 5.14. The van der Waals surface area contributed by atoms with Gasteiger partial charge in [-0.15, -0.1) is 0 Å². The van der Waals surface area contributed by atoms with Crippen LogP contribution in [-0.4, -0.2) is 23.0 Å². The average molecular weight is 236 g/mol. The van der Waals surface area contributed by atoms with Crippen molar-refractivity contribution in [2.45, 2.75) is 19.5 Å². The Morgan fingerprint density at radius 3 is 2.53 bits per heavy atom. The Hall–Kier alpha value is -2.08. The van der Waals surface area contributed by atoms with Gasteiger partial charge in [0.25, 0.3) is 0 Å². The van der Waals surface area contributed by atoms with Crippen LogP contribution in [0, 0.1) is 0 Å². The van der Waals surface area contributed by atoms with Crippen LogP contribution in [0.3, 0.4) is 0 Å². The zero-order valence-electron chi connectivity index (χ0n) is 9.55. The highest BCUT2D eigenvalue weighted by Gasteiger charge is 2.06. The first-order valence-electron chi connectivity index (χ1n) is 5.14. The number of amides is 1. The van der Waals surface area contributed by atoms with Gasteiger partial charge in [0.1, 0.15) is 0 Å². The van der Waals surface area contributed by atoms with Gasteiger partial charge in [0.2, 0.25) is 5.91 Å². The molecule has 0 aliphatic rings. The van der Waals surface area contributed by atoms with Crippen molar-refractivity contribution in [1.29, 1.82) is 0 Å². The predicted molar refractivity (Wildman–Crippen MR) is 64.4 cm³/mol. The molecule has 1 amide bonds. The van der Waals surface area contributed by atoms with Gasteiger partial charge in [-0.25, -0.2) is 0 Å². The van der Waals surface area contributed by atoms with Gasteiger partial charge in [0, 0.05) is 12.1 Å². The van der Waals surface area contributed by atoms with E-state index >= 15 is 0 Å². The number of carbonyl (C=O) groups excluding carboxylic acids is 1. The van der Waals surface area contributed by atoms with Gasteiger partial charge in [-0.1, -0.05) is 29.4 Å². The molecular formula is C11H16N4O2. The Bertz CT molecular complexity index is 412. The molecular weight excluding hydrogens is 220 g/mol. The maximum atomic E-state index is 11.2. The van der Waals surface area contributed by atoms with Crippen molar-refractivity contribution in [2.24, 2.45) is 16.6 Å². The van der Waals surface area contributed by atoms with Crippen LogP contribution in [0.1, 0.15) is 18.1 Å². The Morgan fingerprint density at radius 1 is 1.47 bits per heavy atom. The summed E-state index contributed by atoms with van der Waals surface area (Å²) in [5.74, 6) is -0.151. The number of nitrogens with one attached hydrogen (secondary N) is 1. The van der Waals surface area contributed by atoms with Crippen LogP contribution in [0.2, 0.25) is 0 Å². The third-order valence-electron chi connectivity index (χ3n) is 2.24. The molecule has 0 aromatic heterocycles. The molecule has 1 rings (SSSR count). The summed E-state index contributed by atoms with van der Waals surface area (Å²) in [6.07, 6.45) is 0. The highest BCUT2D eigenvalue weighted by atomic mass is 16.4. The Kier molecular flexibility index (Phi) is 4.47. The number of nitrogens with zero attached hydrogens (tertiary/aromatic N) is 1. The molecule has 17 heavy (non-hydrogen) atoms. The number of rotatable bonds is 4. The van der Waals surface area contributed by atoms with Crippen molar-refractivity contribution in [3.05, 3.63) is 35.4 Å². The number of hydrogen-bond acceptors (Lipinski definition) is 4. The van der Waals surface area contributed by atoms with E-state index in [1.165, 1.54) is 0 Å². The van der Waals surface area contributed by atoms with Crippen LogP contribution in [0.25, 0.3) is 0 Å². The zero-order chi connectivity index (χ0) is 12.8. The molecule has 1 aromatic rings. The van der Waals surface area contributed by atoms with Crippen LogP contribution in [0.15, 0.2) is 29.4 Å². The molecule has 0 saturated carbocycles. The van der Waals surface area contributed by atoms with Gasteiger partial charge >= 0.3 is 0 Å². The quantitative estimate of drug-likeness (QED) is 0.250. The van der Waals surface area contributed by atoms with Gasteiger partial charge in [0.05, 0.1) is 6.04 Å². The fourth-order valence-electron chi connectivity index (χ4n) is 1.20. The van der Waals surface area contributed by atoms with E-state index in [0.29, 0.717) is 12.1 Å². The Labute approximate surface area is 99.3 Å². The molecule has 6 N–H and O–H groups in total. The fourth-order valence-corrected chi connectivity index (χ4v) is 1.20. The molecule has 6 nitrogen and oxygen atoms in total. The summed E-state index contributed by atoms with van der Waals surface area (Å²) in [6.45, 7) is 2.02. The first-order chi connectivity index (χ1) is 8.04. The Balaban J connectivity index is 2.60. The zero-order valence-corrected chi connectivity index (χ0v) is 9.55. The average Bonchev–Trinajstić information content (AvgIpc) is 2.35. The second kappa shape index (κ2) is 5.86. The van der Waals surface area contributed by atoms with E-state index in [1.54, 1.807) is 31.2 Å². The number of hydrogen-bond donors (Lipinski definition) is 4. The lowest BCUT2D eigenvalue weighted by atomic mass is 10.1. The van der Waals surface area contributed by atoms with Crippen molar-refractivity contribution in [3.8, 4) is 0 Å². The summed E-state index contributed by atoms with van der Waals surface area (Å²) in [6, 6.07) is 6.47. The number of carbonyl (C=O) groups is 1. The number of benzene rings is 1. The van der Waals surface area contributed by atoms with Crippen molar-refractivity contribution < 1.29 is 10.0 Å². The summed E-state index contributed by atoms with van der Waals surface area (Å²) in [5.41, 5.74) is 12.4. The minimum absolute atomic E-state index is 0.0520. The van der Waals surface area contributed by atoms with Crippen LogP contribution < -0.4 is 16.8 Å². The van der Waals surface area contributed by atoms with Crippen LogP contribution in [0.5, 0.6) is 0 Å². The van der Waals surface area contributed by atoms with Crippen molar-refractivity contribution >= 4 is 11.7 Å². The van der Waals surface area contributed by atoms with Gasteiger partial charge in [-0.05, 0) is 12.5 Å². The van der Waals surface area contributed by atoms with Crippen molar-refractivity contribution in [2.75, 3.05) is 0 Å². The monoisotopic (exact) mass is 236 g/mol. The first kappa shape index (κ1) is 13.0. The van der Waals surface area contributed by atoms with E-state index < -0.39 is 6.04 Å². The molecule has 0 fully saturated rings. The van der Waals surface area contributed by atoms with E-state index in [2.05, 4.69) is 10.5 Å². The van der Waals surface area contributed by atoms with Crippen LogP contribution in [-0.2, 0) is 11.3 Å². The summed E-state index contributed by atoms with van der Waals surface area (Å²) >= 11 is 0. The standard InChI is InChI=1S/C11H16N4O2/c1-7(12)11(16)14-6-8-2-4-9(5-3-8)10(13)15-17/h2-5,7,17H,6,12H2,1H3,(H2,13,15)(H,14,16)/t7-/m0/s1. The van der Waals surface area contributed by atoms with Gasteiger partial charge < -0.3 is 22.0 Å². The second-order valence-electron chi connectivity index (χ2n) is 3.69. The molecule has 1 atom stereocenters. The minimum Gasteiger partial charge on any atom is -0.409 e. The lowest BCUT2D eigenvalue weighted by Crippen LogP contribution is -2.37. The summed E-state index contributed by atoms with van der Waals surface area (Å²) in [4.78, 5) is 11.2. The maximum absolute atomic E-state index is 11.2. The van der Waals surface area contributed by atoms with E-state index in [1.807, 2.05) is 0 Å². The van der Waals surface area contributed by atoms with Crippen LogP contribution in [0.4, 0.5) is 0 Å². The molecule has 92 valence electrons. The molecule has 0 spiro atoms. The maximum Gasteiger partial charge on any atom is 0.236 e. The van der Waals surface area contributed by atoms with E-state index in [-0.39, 0.29) is 11.7 Å². The third-order valence-corrected chi connectivity index (χ3v) is 2.24. The van der Waals surface area contributed by atoms with Crippen molar-refractivity contribution in [1.82, 2.24) is 5.32 Å². The van der Waals surface area contributed by atoms with Gasteiger partial charge in [-0.3, -0.25) is 4.79 Å². The van der Waals surface area contributed by atoms with Gasteiger partial charge in [-0.2, -0.15) is 0 Å². The summed E-state index contributed by atoms with van der Waals surface area (Å²) in [7, 11) is 0. The van der Waals surface area contributed by atoms with E-state index in [0.717, 1.165) is 5.56 Å². The minimum atomic E-state index is -0.522. The lowest BCUT2D eigenvalue weighted by Gasteiger charge is -2.08. The van der Waals surface area contributed by atoms with E-state index in [9.17, 15) is 4.79 Å². The number of nitrogens with two attached hydrogens (primary N) is 2. The molecule has 0 bridgehead atoms. The molecule has 6 heteroatoms.